The van der Waals surface area contributed by atoms with Gasteiger partial charge >= 0.3 is 0 Å². The first-order valence-electron chi connectivity index (χ1n) is 9.62. The summed E-state index contributed by atoms with van der Waals surface area (Å²) in [7, 11) is 0. The molecule has 0 fully saturated rings. The van der Waals surface area contributed by atoms with Crippen molar-refractivity contribution in [3.63, 3.8) is 0 Å². The zero-order valence-electron chi connectivity index (χ0n) is 16.4. The molecule has 0 aliphatic rings. The van der Waals surface area contributed by atoms with Crippen LogP contribution in [-0.2, 0) is 11.2 Å². The van der Waals surface area contributed by atoms with E-state index in [1.54, 1.807) is 42.5 Å². The lowest BCUT2D eigenvalue weighted by atomic mass is 10.1. The van der Waals surface area contributed by atoms with Crippen molar-refractivity contribution < 1.29 is 4.79 Å². The average molecular weight is 413 g/mol. The largest absolute Gasteiger partial charge is 0.374 e. The van der Waals surface area contributed by atoms with Crippen LogP contribution < -0.4 is 10.6 Å². The third-order valence-electron chi connectivity index (χ3n) is 4.73. The van der Waals surface area contributed by atoms with Gasteiger partial charge in [0.15, 0.2) is 0 Å². The van der Waals surface area contributed by atoms with E-state index in [0.29, 0.717) is 11.3 Å². The summed E-state index contributed by atoms with van der Waals surface area (Å²) in [6, 6.07) is 24.8. The predicted octanol–water partition coefficient (Wildman–Crippen LogP) is 5.20. The number of hydrogen-bond donors (Lipinski definition) is 2. The average Bonchev–Trinajstić information content (AvgIpc) is 3.17. The Morgan fingerprint density at radius 2 is 1.80 bits per heavy atom. The molecular formula is C24H20N4OS. The lowest BCUT2D eigenvalue weighted by molar-refractivity contribution is -0.116. The van der Waals surface area contributed by atoms with Gasteiger partial charge in [-0.3, -0.25) is 4.79 Å². The highest BCUT2D eigenvalue weighted by molar-refractivity contribution is 7.18. The summed E-state index contributed by atoms with van der Waals surface area (Å²) in [4.78, 5) is 17.2. The smallest absolute Gasteiger partial charge is 0.246 e. The third kappa shape index (κ3) is 4.48. The van der Waals surface area contributed by atoms with Gasteiger partial charge in [-0.2, -0.15) is 5.26 Å². The van der Waals surface area contributed by atoms with Gasteiger partial charge in [-0.25, -0.2) is 4.98 Å². The number of carbonyl (C=O) groups excluding carboxylic acids is 1. The summed E-state index contributed by atoms with van der Waals surface area (Å²) >= 11 is 1.71. The van der Waals surface area contributed by atoms with Gasteiger partial charge in [-0.1, -0.05) is 36.4 Å². The number of thiazole rings is 1. The van der Waals surface area contributed by atoms with E-state index in [-0.39, 0.29) is 5.91 Å². The molecule has 5 nitrogen and oxygen atoms in total. The van der Waals surface area contributed by atoms with Crippen LogP contribution in [0.5, 0.6) is 0 Å². The number of nitrogens with one attached hydrogen (secondary N) is 2. The third-order valence-corrected chi connectivity index (χ3v) is 5.77. The number of nitriles is 1. The van der Waals surface area contributed by atoms with Crippen molar-refractivity contribution in [3.8, 4) is 6.07 Å². The number of para-hydroxylation sites is 2. The van der Waals surface area contributed by atoms with Gasteiger partial charge in [0.05, 0.1) is 26.5 Å². The molecule has 1 aromatic heterocycles. The van der Waals surface area contributed by atoms with Crippen LogP contribution in [0.4, 0.5) is 11.4 Å². The highest BCUT2D eigenvalue weighted by atomic mass is 32.1. The maximum Gasteiger partial charge on any atom is 0.246 e. The molecule has 0 saturated carbocycles. The number of carbonyl (C=O) groups is 1. The number of anilines is 2. The van der Waals surface area contributed by atoms with Crippen molar-refractivity contribution in [2.45, 2.75) is 19.4 Å². The molecule has 30 heavy (non-hydrogen) atoms. The molecule has 1 heterocycles. The molecule has 0 spiro atoms. The summed E-state index contributed by atoms with van der Waals surface area (Å²) in [5, 5.41) is 16.3. The van der Waals surface area contributed by atoms with E-state index in [1.165, 1.54) is 10.3 Å². The zero-order valence-corrected chi connectivity index (χ0v) is 17.2. The minimum absolute atomic E-state index is 0.198. The maximum absolute atomic E-state index is 12.5. The monoisotopic (exact) mass is 412 g/mol. The Hall–Kier alpha value is -3.69. The van der Waals surface area contributed by atoms with E-state index in [9.17, 15) is 4.79 Å². The van der Waals surface area contributed by atoms with Crippen LogP contribution >= 0.6 is 11.3 Å². The number of nitrogens with zero attached hydrogens (tertiary/aromatic N) is 2. The number of fused-ring (bicyclic) bond motifs is 1. The molecular weight excluding hydrogens is 392 g/mol. The molecule has 3 aromatic carbocycles. The van der Waals surface area contributed by atoms with Crippen molar-refractivity contribution >= 4 is 38.8 Å². The molecule has 1 amide bonds. The molecule has 0 aliphatic carbocycles. The molecule has 1 atom stereocenters. The molecule has 0 bridgehead atoms. The molecule has 0 unspecified atom stereocenters. The number of benzene rings is 3. The van der Waals surface area contributed by atoms with E-state index in [0.717, 1.165) is 22.6 Å². The number of amides is 1. The van der Waals surface area contributed by atoms with Gasteiger partial charge in [-0.15, -0.1) is 11.3 Å². The van der Waals surface area contributed by atoms with Crippen LogP contribution in [-0.4, -0.2) is 16.9 Å². The Balaban J connectivity index is 1.37. The summed E-state index contributed by atoms with van der Waals surface area (Å²) in [5.41, 5.74) is 4.02. The summed E-state index contributed by atoms with van der Waals surface area (Å²) in [6.45, 7) is 1.79. The molecule has 0 radical (unpaired) electrons. The Morgan fingerprint density at radius 3 is 2.57 bits per heavy atom. The standard InChI is InChI=1S/C24H20N4OS/c1-16(24(29)28-20-7-3-2-6-18(20)15-25)26-19-12-10-17(11-13-19)14-23-27-21-8-4-5-9-22(21)30-23/h2-13,16,26H,14H2,1H3,(H,28,29)/t16-/m1/s1. The molecule has 0 aliphatic heterocycles. The van der Waals surface area contributed by atoms with Crippen molar-refractivity contribution in [1.29, 1.82) is 5.26 Å². The van der Waals surface area contributed by atoms with E-state index >= 15 is 0 Å². The normalized spacial score (nSPS) is 11.6. The number of aromatic nitrogens is 1. The minimum atomic E-state index is -0.452. The SMILES string of the molecule is C[C@@H](Nc1ccc(Cc2nc3ccccc3s2)cc1)C(=O)Nc1ccccc1C#N. The van der Waals surface area contributed by atoms with Gasteiger partial charge in [0.25, 0.3) is 0 Å². The van der Waals surface area contributed by atoms with Crippen LogP contribution in [0.3, 0.4) is 0 Å². The molecule has 4 rings (SSSR count). The van der Waals surface area contributed by atoms with Crippen LogP contribution in [0.15, 0.2) is 72.8 Å². The molecule has 148 valence electrons. The minimum Gasteiger partial charge on any atom is -0.374 e. The van der Waals surface area contributed by atoms with E-state index < -0.39 is 6.04 Å². The fourth-order valence-corrected chi connectivity index (χ4v) is 4.14. The highest BCUT2D eigenvalue weighted by Crippen LogP contribution is 2.24. The van der Waals surface area contributed by atoms with E-state index in [2.05, 4.69) is 27.8 Å². The second-order valence-corrected chi connectivity index (χ2v) is 8.08. The lowest BCUT2D eigenvalue weighted by Crippen LogP contribution is -2.32. The first-order valence-corrected chi connectivity index (χ1v) is 10.4. The van der Waals surface area contributed by atoms with Gasteiger partial charge in [0.2, 0.25) is 5.91 Å². The van der Waals surface area contributed by atoms with Gasteiger partial charge in [-0.05, 0) is 48.9 Å². The maximum atomic E-state index is 12.5. The van der Waals surface area contributed by atoms with Crippen LogP contribution in [0.1, 0.15) is 23.1 Å². The lowest BCUT2D eigenvalue weighted by Gasteiger charge is -2.16. The van der Waals surface area contributed by atoms with Crippen molar-refractivity contribution in [2.24, 2.45) is 0 Å². The second kappa shape index (κ2) is 8.76. The summed E-state index contributed by atoms with van der Waals surface area (Å²) in [6.07, 6.45) is 0.778. The Kier molecular flexibility index (Phi) is 5.73. The van der Waals surface area contributed by atoms with Crippen molar-refractivity contribution in [1.82, 2.24) is 4.98 Å². The van der Waals surface area contributed by atoms with Gasteiger partial charge < -0.3 is 10.6 Å². The molecule has 6 heteroatoms. The predicted molar refractivity (Wildman–Crippen MR) is 122 cm³/mol. The first-order chi connectivity index (χ1) is 14.6. The highest BCUT2D eigenvalue weighted by Gasteiger charge is 2.14. The number of hydrogen-bond acceptors (Lipinski definition) is 5. The summed E-state index contributed by atoms with van der Waals surface area (Å²) in [5.74, 6) is -0.198. The second-order valence-electron chi connectivity index (χ2n) is 6.96. The van der Waals surface area contributed by atoms with E-state index in [4.69, 9.17) is 5.26 Å². The fourth-order valence-electron chi connectivity index (χ4n) is 3.14. The molecule has 2 N–H and O–H groups in total. The van der Waals surface area contributed by atoms with Gasteiger partial charge in [0, 0.05) is 12.1 Å². The fraction of sp³-hybridized carbons (Fsp3) is 0.125. The van der Waals surface area contributed by atoms with Crippen LogP contribution in [0.25, 0.3) is 10.2 Å². The molecule has 4 aromatic rings. The van der Waals surface area contributed by atoms with Gasteiger partial charge in [0.1, 0.15) is 12.1 Å². The topological polar surface area (TPSA) is 77.8 Å². The summed E-state index contributed by atoms with van der Waals surface area (Å²) < 4.78 is 1.20. The van der Waals surface area contributed by atoms with Crippen molar-refractivity contribution in [2.75, 3.05) is 10.6 Å². The molecule has 0 saturated heterocycles. The Bertz CT molecular complexity index is 1190. The zero-order chi connectivity index (χ0) is 20.9. The van der Waals surface area contributed by atoms with Crippen LogP contribution in [0.2, 0.25) is 0 Å². The quantitative estimate of drug-likeness (QED) is 0.456. The van der Waals surface area contributed by atoms with Crippen molar-refractivity contribution in [3.05, 3.63) is 88.9 Å². The Labute approximate surface area is 179 Å². The Morgan fingerprint density at radius 1 is 1.07 bits per heavy atom. The van der Waals surface area contributed by atoms with E-state index in [1.807, 2.05) is 42.5 Å². The number of rotatable bonds is 6. The van der Waals surface area contributed by atoms with Crippen LogP contribution in [0, 0.1) is 11.3 Å². The first kappa shape index (κ1) is 19.6.